The van der Waals surface area contributed by atoms with Gasteiger partial charge in [0.25, 0.3) is 5.91 Å². The molecule has 14 heavy (non-hydrogen) atoms. The molecular weight excluding hydrogens is 202 g/mol. The summed E-state index contributed by atoms with van der Waals surface area (Å²) in [7, 11) is 0. The number of hydrogen-bond acceptors (Lipinski definition) is 3. The van der Waals surface area contributed by atoms with Crippen LogP contribution >= 0.6 is 11.6 Å². The van der Waals surface area contributed by atoms with Crippen molar-refractivity contribution < 1.29 is 4.79 Å². The van der Waals surface area contributed by atoms with Gasteiger partial charge in [-0.15, -0.1) is 0 Å². The average Bonchev–Trinajstić information content (AvgIpc) is 2.14. The summed E-state index contributed by atoms with van der Waals surface area (Å²) in [5.41, 5.74) is 11.5. The molecule has 0 fully saturated rings. The van der Waals surface area contributed by atoms with Crippen LogP contribution in [0.2, 0.25) is 5.02 Å². The van der Waals surface area contributed by atoms with E-state index in [4.69, 9.17) is 23.1 Å². The van der Waals surface area contributed by atoms with Crippen LogP contribution in [0.25, 0.3) is 0 Å². The highest BCUT2D eigenvalue weighted by Gasteiger charge is 2.11. The molecule has 0 saturated heterocycles. The summed E-state index contributed by atoms with van der Waals surface area (Å²) >= 11 is 5.83. The Morgan fingerprint density at radius 2 is 2.21 bits per heavy atom. The SMILES string of the molecule is NCCNc1cccc(Cl)c1C(N)=O. The molecule has 0 atom stereocenters. The number of halogens is 1. The molecule has 1 aromatic rings. The Kier molecular flexibility index (Phi) is 3.73. The largest absolute Gasteiger partial charge is 0.383 e. The van der Waals surface area contributed by atoms with Crippen molar-refractivity contribution in [2.75, 3.05) is 18.4 Å². The molecule has 0 aliphatic rings. The molecule has 1 amide bonds. The zero-order valence-electron chi connectivity index (χ0n) is 7.59. The number of hydrogen-bond donors (Lipinski definition) is 3. The maximum absolute atomic E-state index is 11.1. The lowest BCUT2D eigenvalue weighted by atomic mass is 10.1. The van der Waals surface area contributed by atoms with Crippen LogP contribution in [0.1, 0.15) is 10.4 Å². The molecule has 0 heterocycles. The lowest BCUT2D eigenvalue weighted by Gasteiger charge is -2.09. The van der Waals surface area contributed by atoms with E-state index in [1.54, 1.807) is 18.2 Å². The normalized spacial score (nSPS) is 9.86. The standard InChI is InChI=1S/C9H12ClN3O/c10-6-2-1-3-7(13-5-4-11)8(6)9(12)14/h1-3,13H,4-5,11H2,(H2,12,14). The molecule has 1 aromatic carbocycles. The molecule has 0 bridgehead atoms. The molecule has 0 spiro atoms. The molecule has 76 valence electrons. The number of carbonyl (C=O) groups excluding carboxylic acids is 1. The molecule has 4 nitrogen and oxygen atoms in total. The summed E-state index contributed by atoms with van der Waals surface area (Å²) in [4.78, 5) is 11.1. The van der Waals surface area contributed by atoms with Gasteiger partial charge < -0.3 is 16.8 Å². The van der Waals surface area contributed by atoms with E-state index in [0.29, 0.717) is 29.4 Å². The van der Waals surface area contributed by atoms with Crippen molar-refractivity contribution in [2.45, 2.75) is 0 Å². The Morgan fingerprint density at radius 3 is 2.79 bits per heavy atom. The predicted octanol–water partition coefficient (Wildman–Crippen LogP) is 0.809. The van der Waals surface area contributed by atoms with Gasteiger partial charge in [0.1, 0.15) is 0 Å². The van der Waals surface area contributed by atoms with Gasteiger partial charge in [-0.3, -0.25) is 4.79 Å². The molecule has 0 aliphatic heterocycles. The first-order chi connectivity index (χ1) is 6.66. The quantitative estimate of drug-likeness (QED) is 0.692. The van der Waals surface area contributed by atoms with Crippen LogP contribution in [0.5, 0.6) is 0 Å². The van der Waals surface area contributed by atoms with E-state index in [1.807, 2.05) is 0 Å². The van der Waals surface area contributed by atoms with Crippen molar-refractivity contribution >= 4 is 23.2 Å². The molecule has 0 aromatic heterocycles. The number of anilines is 1. The van der Waals surface area contributed by atoms with Gasteiger partial charge in [0.05, 0.1) is 10.6 Å². The second-order valence-corrected chi connectivity index (χ2v) is 3.15. The Bertz CT molecular complexity index is 341. The molecule has 0 unspecified atom stereocenters. The average molecular weight is 214 g/mol. The van der Waals surface area contributed by atoms with E-state index in [1.165, 1.54) is 0 Å². The lowest BCUT2D eigenvalue weighted by Crippen LogP contribution is -2.18. The maximum Gasteiger partial charge on any atom is 0.252 e. The fourth-order valence-electron chi connectivity index (χ4n) is 1.13. The van der Waals surface area contributed by atoms with Crippen molar-refractivity contribution in [3.63, 3.8) is 0 Å². The first-order valence-corrected chi connectivity index (χ1v) is 4.57. The third-order valence-corrected chi connectivity index (χ3v) is 2.03. The highest BCUT2D eigenvalue weighted by atomic mass is 35.5. The number of primary amides is 1. The van der Waals surface area contributed by atoms with E-state index in [-0.39, 0.29) is 0 Å². The van der Waals surface area contributed by atoms with E-state index in [0.717, 1.165) is 0 Å². The van der Waals surface area contributed by atoms with Gasteiger partial charge in [0.2, 0.25) is 0 Å². The molecule has 5 heteroatoms. The van der Waals surface area contributed by atoms with Crippen molar-refractivity contribution in [1.82, 2.24) is 0 Å². The van der Waals surface area contributed by atoms with Crippen molar-refractivity contribution in [3.8, 4) is 0 Å². The molecule has 0 aliphatic carbocycles. The lowest BCUT2D eigenvalue weighted by molar-refractivity contribution is 0.100. The van der Waals surface area contributed by atoms with Gasteiger partial charge in [0.15, 0.2) is 0 Å². The zero-order valence-corrected chi connectivity index (χ0v) is 8.34. The van der Waals surface area contributed by atoms with Gasteiger partial charge in [-0.2, -0.15) is 0 Å². The zero-order chi connectivity index (χ0) is 10.6. The highest BCUT2D eigenvalue weighted by Crippen LogP contribution is 2.23. The number of rotatable bonds is 4. The summed E-state index contributed by atoms with van der Waals surface area (Å²) in [6, 6.07) is 5.10. The summed E-state index contributed by atoms with van der Waals surface area (Å²) < 4.78 is 0. The topological polar surface area (TPSA) is 81.1 Å². The number of nitrogens with one attached hydrogen (secondary N) is 1. The van der Waals surface area contributed by atoms with Crippen LogP contribution < -0.4 is 16.8 Å². The van der Waals surface area contributed by atoms with Crippen molar-refractivity contribution in [2.24, 2.45) is 11.5 Å². The minimum absolute atomic E-state index is 0.308. The Labute approximate surface area is 87.2 Å². The minimum Gasteiger partial charge on any atom is -0.383 e. The third-order valence-electron chi connectivity index (χ3n) is 1.72. The fraction of sp³-hybridized carbons (Fsp3) is 0.222. The van der Waals surface area contributed by atoms with Crippen molar-refractivity contribution in [1.29, 1.82) is 0 Å². The Morgan fingerprint density at radius 1 is 1.50 bits per heavy atom. The van der Waals surface area contributed by atoms with Crippen LogP contribution in [-0.4, -0.2) is 19.0 Å². The Hall–Kier alpha value is -1.26. The summed E-state index contributed by atoms with van der Waals surface area (Å²) in [5.74, 6) is -0.546. The van der Waals surface area contributed by atoms with Gasteiger partial charge in [-0.1, -0.05) is 17.7 Å². The number of amides is 1. The number of carbonyl (C=O) groups is 1. The van der Waals surface area contributed by atoms with Gasteiger partial charge in [-0.05, 0) is 12.1 Å². The maximum atomic E-state index is 11.1. The van der Waals surface area contributed by atoms with Crippen molar-refractivity contribution in [3.05, 3.63) is 28.8 Å². The number of benzene rings is 1. The van der Waals surface area contributed by atoms with Gasteiger partial charge >= 0.3 is 0 Å². The fourth-order valence-corrected chi connectivity index (χ4v) is 1.40. The smallest absolute Gasteiger partial charge is 0.252 e. The summed E-state index contributed by atoms with van der Waals surface area (Å²) in [5, 5.41) is 3.32. The monoisotopic (exact) mass is 213 g/mol. The van der Waals surface area contributed by atoms with E-state index < -0.39 is 5.91 Å². The van der Waals surface area contributed by atoms with E-state index >= 15 is 0 Å². The second-order valence-electron chi connectivity index (χ2n) is 2.74. The Balaban J connectivity index is 3.02. The van der Waals surface area contributed by atoms with Crippen LogP contribution in [0.4, 0.5) is 5.69 Å². The summed E-state index contributed by atoms with van der Waals surface area (Å²) in [6.45, 7) is 1.05. The van der Waals surface area contributed by atoms with E-state index in [9.17, 15) is 4.79 Å². The van der Waals surface area contributed by atoms with Crippen LogP contribution in [0.15, 0.2) is 18.2 Å². The van der Waals surface area contributed by atoms with Gasteiger partial charge in [-0.25, -0.2) is 0 Å². The highest BCUT2D eigenvalue weighted by molar-refractivity contribution is 6.34. The third kappa shape index (κ3) is 2.37. The minimum atomic E-state index is -0.546. The van der Waals surface area contributed by atoms with Crippen LogP contribution in [-0.2, 0) is 0 Å². The molecule has 0 saturated carbocycles. The molecule has 1 rings (SSSR count). The van der Waals surface area contributed by atoms with Gasteiger partial charge in [0, 0.05) is 18.8 Å². The first kappa shape index (κ1) is 10.8. The van der Waals surface area contributed by atoms with E-state index in [2.05, 4.69) is 5.32 Å². The predicted molar refractivity (Wildman–Crippen MR) is 57.5 cm³/mol. The molecular formula is C9H12ClN3O. The molecule has 0 radical (unpaired) electrons. The van der Waals surface area contributed by atoms with Crippen LogP contribution in [0, 0.1) is 0 Å². The second kappa shape index (κ2) is 4.83. The van der Waals surface area contributed by atoms with Crippen LogP contribution in [0.3, 0.4) is 0 Å². The first-order valence-electron chi connectivity index (χ1n) is 4.19. The summed E-state index contributed by atoms with van der Waals surface area (Å²) in [6.07, 6.45) is 0. The number of nitrogens with two attached hydrogens (primary N) is 2. The molecule has 5 N–H and O–H groups in total.